The molecule has 29 heavy (non-hydrogen) atoms. The highest BCUT2D eigenvalue weighted by molar-refractivity contribution is 5.98. The smallest absolute Gasteiger partial charge is 0.254 e. The second-order valence-corrected chi connectivity index (χ2v) is 6.99. The molecule has 0 radical (unpaired) electrons. The SMILES string of the molecule is COc1ccc(C(=O)N2CCN(C)CC2)cc1NC(=O)CC1COCCN1.Cl.Cl. The van der Waals surface area contributed by atoms with E-state index in [0.717, 1.165) is 19.6 Å². The van der Waals surface area contributed by atoms with E-state index in [-0.39, 0.29) is 42.7 Å². The molecule has 2 N–H and O–H groups in total. The highest BCUT2D eigenvalue weighted by atomic mass is 35.5. The number of benzene rings is 1. The Morgan fingerprint density at radius 2 is 1.97 bits per heavy atom. The van der Waals surface area contributed by atoms with Crippen molar-refractivity contribution >= 4 is 42.3 Å². The number of rotatable bonds is 5. The van der Waals surface area contributed by atoms with E-state index in [1.165, 1.54) is 0 Å². The van der Waals surface area contributed by atoms with Crippen LogP contribution in [0.4, 0.5) is 5.69 Å². The number of likely N-dealkylation sites (N-methyl/N-ethyl adjacent to an activating group) is 1. The van der Waals surface area contributed by atoms with Gasteiger partial charge in [0.25, 0.3) is 5.91 Å². The molecular weight excluding hydrogens is 419 g/mol. The summed E-state index contributed by atoms with van der Waals surface area (Å²) in [5.74, 6) is 0.371. The molecule has 0 spiro atoms. The van der Waals surface area contributed by atoms with Gasteiger partial charge in [-0.15, -0.1) is 24.8 Å². The third-order valence-corrected chi connectivity index (χ3v) is 4.94. The van der Waals surface area contributed by atoms with Crippen LogP contribution in [-0.4, -0.2) is 87.8 Å². The molecule has 1 aromatic rings. The number of hydrogen-bond acceptors (Lipinski definition) is 6. The summed E-state index contributed by atoms with van der Waals surface area (Å²) in [6.07, 6.45) is 0.305. The number of ether oxygens (including phenoxy) is 2. The van der Waals surface area contributed by atoms with Gasteiger partial charge in [0.2, 0.25) is 5.91 Å². The molecule has 1 unspecified atom stereocenters. The average molecular weight is 449 g/mol. The number of nitrogens with one attached hydrogen (secondary N) is 2. The second kappa shape index (κ2) is 12.2. The first-order chi connectivity index (χ1) is 13.1. The molecule has 2 heterocycles. The first-order valence-corrected chi connectivity index (χ1v) is 9.33. The lowest BCUT2D eigenvalue weighted by atomic mass is 10.1. The van der Waals surface area contributed by atoms with Crippen LogP contribution in [0.25, 0.3) is 0 Å². The van der Waals surface area contributed by atoms with Crippen molar-refractivity contribution < 1.29 is 19.1 Å². The lowest BCUT2D eigenvalue weighted by Crippen LogP contribution is -2.47. The Kier molecular flexibility index (Phi) is 10.7. The molecule has 3 rings (SSSR count). The molecule has 164 valence electrons. The van der Waals surface area contributed by atoms with E-state index in [2.05, 4.69) is 22.6 Å². The summed E-state index contributed by atoms with van der Waals surface area (Å²) in [4.78, 5) is 29.2. The maximum Gasteiger partial charge on any atom is 0.254 e. The average Bonchev–Trinajstić information content (AvgIpc) is 2.68. The zero-order valence-corrected chi connectivity index (χ0v) is 18.4. The van der Waals surface area contributed by atoms with Crippen LogP contribution in [0.3, 0.4) is 0 Å². The van der Waals surface area contributed by atoms with E-state index in [1.807, 2.05) is 4.90 Å². The predicted molar refractivity (Wildman–Crippen MR) is 117 cm³/mol. The number of morpholine rings is 1. The van der Waals surface area contributed by atoms with Gasteiger partial charge >= 0.3 is 0 Å². The molecule has 2 fully saturated rings. The zero-order valence-electron chi connectivity index (χ0n) is 16.8. The highest BCUT2D eigenvalue weighted by Crippen LogP contribution is 2.26. The van der Waals surface area contributed by atoms with Crippen molar-refractivity contribution in [2.45, 2.75) is 12.5 Å². The maximum atomic E-state index is 12.8. The number of carbonyl (C=O) groups excluding carboxylic acids is 2. The Hall–Kier alpha value is -1.58. The van der Waals surface area contributed by atoms with Gasteiger partial charge in [0.1, 0.15) is 5.75 Å². The number of carbonyl (C=O) groups is 2. The Morgan fingerprint density at radius 1 is 1.24 bits per heavy atom. The van der Waals surface area contributed by atoms with E-state index >= 15 is 0 Å². The molecule has 8 nitrogen and oxygen atoms in total. The van der Waals surface area contributed by atoms with Crippen molar-refractivity contribution in [3.63, 3.8) is 0 Å². The third-order valence-electron chi connectivity index (χ3n) is 4.94. The van der Waals surface area contributed by atoms with Crippen molar-refractivity contribution in [2.24, 2.45) is 0 Å². The van der Waals surface area contributed by atoms with E-state index < -0.39 is 0 Å². The fraction of sp³-hybridized carbons (Fsp3) is 0.579. The summed E-state index contributed by atoms with van der Waals surface area (Å²) >= 11 is 0. The van der Waals surface area contributed by atoms with Crippen molar-refractivity contribution in [3.05, 3.63) is 23.8 Å². The Morgan fingerprint density at radius 3 is 2.59 bits per heavy atom. The van der Waals surface area contributed by atoms with Gasteiger partial charge in [-0.2, -0.15) is 0 Å². The van der Waals surface area contributed by atoms with Crippen LogP contribution >= 0.6 is 24.8 Å². The standard InChI is InChI=1S/C19H28N4O4.2ClH/c1-22-6-8-23(9-7-22)19(25)14-3-4-17(26-2)16(11-14)21-18(24)12-15-13-27-10-5-20-15;;/h3-4,11,15,20H,5-10,12-13H2,1-2H3,(H,21,24);2*1H. The normalized spacial score (nSPS) is 19.5. The van der Waals surface area contributed by atoms with Crippen molar-refractivity contribution in [1.82, 2.24) is 15.1 Å². The Bertz CT molecular complexity index is 678. The molecule has 2 aliphatic rings. The molecule has 1 aromatic carbocycles. The Balaban J connectivity index is 0.00000210. The predicted octanol–water partition coefficient (Wildman–Crippen LogP) is 1.24. The van der Waals surface area contributed by atoms with Gasteiger partial charge in [0, 0.05) is 50.7 Å². The fourth-order valence-corrected chi connectivity index (χ4v) is 3.31. The molecule has 2 aliphatic heterocycles. The molecule has 0 saturated carbocycles. The second-order valence-electron chi connectivity index (χ2n) is 6.99. The van der Waals surface area contributed by atoms with Crippen LogP contribution in [-0.2, 0) is 9.53 Å². The lowest BCUT2D eigenvalue weighted by molar-refractivity contribution is -0.117. The van der Waals surface area contributed by atoms with Gasteiger partial charge in [-0.1, -0.05) is 0 Å². The summed E-state index contributed by atoms with van der Waals surface area (Å²) in [6.45, 7) is 5.07. The van der Waals surface area contributed by atoms with Gasteiger partial charge < -0.3 is 29.9 Å². The van der Waals surface area contributed by atoms with Crippen molar-refractivity contribution in [2.75, 3.05) is 65.4 Å². The maximum absolute atomic E-state index is 12.8. The minimum Gasteiger partial charge on any atom is -0.495 e. The summed E-state index contributed by atoms with van der Waals surface area (Å²) < 4.78 is 10.7. The molecule has 10 heteroatoms. The van der Waals surface area contributed by atoms with E-state index in [1.54, 1.807) is 25.3 Å². The number of nitrogens with zero attached hydrogens (tertiary/aromatic N) is 2. The van der Waals surface area contributed by atoms with Gasteiger partial charge in [-0.05, 0) is 25.2 Å². The molecular formula is C19H30Cl2N4O4. The topological polar surface area (TPSA) is 83.1 Å². The number of halogens is 2. The third kappa shape index (κ3) is 7.01. The number of methoxy groups -OCH3 is 1. The van der Waals surface area contributed by atoms with E-state index in [4.69, 9.17) is 9.47 Å². The largest absolute Gasteiger partial charge is 0.495 e. The fourth-order valence-electron chi connectivity index (χ4n) is 3.31. The first-order valence-electron chi connectivity index (χ1n) is 9.33. The number of anilines is 1. The van der Waals surface area contributed by atoms with Crippen molar-refractivity contribution in [3.8, 4) is 5.75 Å². The summed E-state index contributed by atoms with van der Waals surface area (Å²) in [5.41, 5.74) is 1.06. The minimum absolute atomic E-state index is 0. The minimum atomic E-state index is -0.138. The monoisotopic (exact) mass is 448 g/mol. The van der Waals surface area contributed by atoms with Crippen LogP contribution in [0.1, 0.15) is 16.8 Å². The van der Waals surface area contributed by atoms with E-state index in [0.29, 0.717) is 49.7 Å². The van der Waals surface area contributed by atoms with Gasteiger partial charge in [0.05, 0.1) is 26.0 Å². The highest BCUT2D eigenvalue weighted by Gasteiger charge is 2.22. The Labute approximate surface area is 184 Å². The number of amides is 2. The van der Waals surface area contributed by atoms with Crippen LogP contribution in [0.2, 0.25) is 0 Å². The molecule has 2 amide bonds. The molecule has 0 aliphatic carbocycles. The number of hydrogen-bond donors (Lipinski definition) is 2. The molecule has 2 saturated heterocycles. The lowest BCUT2D eigenvalue weighted by Gasteiger charge is -2.32. The van der Waals surface area contributed by atoms with Crippen LogP contribution in [0.5, 0.6) is 5.75 Å². The molecule has 0 bridgehead atoms. The zero-order chi connectivity index (χ0) is 19.2. The van der Waals surface area contributed by atoms with Crippen LogP contribution in [0, 0.1) is 0 Å². The van der Waals surface area contributed by atoms with E-state index in [9.17, 15) is 9.59 Å². The quantitative estimate of drug-likeness (QED) is 0.704. The molecule has 0 aromatic heterocycles. The van der Waals surface area contributed by atoms with Gasteiger partial charge in [-0.3, -0.25) is 9.59 Å². The summed E-state index contributed by atoms with van der Waals surface area (Å²) in [5, 5.41) is 6.13. The summed E-state index contributed by atoms with van der Waals surface area (Å²) in [7, 11) is 3.60. The first kappa shape index (κ1) is 25.5. The van der Waals surface area contributed by atoms with Crippen LogP contribution < -0.4 is 15.4 Å². The van der Waals surface area contributed by atoms with Crippen molar-refractivity contribution in [1.29, 1.82) is 0 Å². The van der Waals surface area contributed by atoms with Crippen LogP contribution in [0.15, 0.2) is 18.2 Å². The summed E-state index contributed by atoms with van der Waals surface area (Å²) in [6, 6.07) is 5.16. The van der Waals surface area contributed by atoms with Gasteiger partial charge in [-0.25, -0.2) is 0 Å². The molecule has 1 atom stereocenters. The van der Waals surface area contributed by atoms with Gasteiger partial charge in [0.15, 0.2) is 0 Å². The number of piperazine rings is 1.